The normalized spacial score (nSPS) is 35.6. The molecule has 3 aliphatic heterocycles. The van der Waals surface area contributed by atoms with Gasteiger partial charge in [-0.05, 0) is 0 Å². The predicted molar refractivity (Wildman–Crippen MR) is 55.1 cm³/mol. The highest BCUT2D eigenvalue weighted by molar-refractivity contribution is 5.75. The Labute approximate surface area is 85.2 Å². The van der Waals surface area contributed by atoms with Gasteiger partial charge in [0.25, 0.3) is 0 Å². The lowest BCUT2D eigenvalue weighted by Gasteiger charge is -2.47. The van der Waals surface area contributed by atoms with E-state index in [1.807, 2.05) is 6.92 Å². The van der Waals surface area contributed by atoms with E-state index in [1.54, 1.807) is 0 Å². The summed E-state index contributed by atoms with van der Waals surface area (Å²) in [6.45, 7) is 8.61. The molecule has 4 heteroatoms. The van der Waals surface area contributed by atoms with Crippen LogP contribution in [0.5, 0.6) is 0 Å². The van der Waals surface area contributed by atoms with Gasteiger partial charge in [0.15, 0.2) is 0 Å². The molecule has 1 unspecified atom stereocenters. The fourth-order valence-corrected chi connectivity index (χ4v) is 2.27. The topological polar surface area (TPSA) is 35.6 Å². The number of amides is 1. The largest absolute Gasteiger partial charge is 0.354 e. The van der Waals surface area contributed by atoms with Gasteiger partial charge in [0.2, 0.25) is 5.91 Å². The van der Waals surface area contributed by atoms with E-state index in [-0.39, 0.29) is 5.91 Å². The summed E-state index contributed by atoms with van der Waals surface area (Å²) in [5.74, 6) is 0.169. The number of hydrogen-bond acceptors (Lipinski definition) is 3. The van der Waals surface area contributed by atoms with Crippen LogP contribution in [0.25, 0.3) is 0 Å². The second-order valence-electron chi connectivity index (χ2n) is 4.15. The third-order valence-corrected chi connectivity index (χ3v) is 3.25. The monoisotopic (exact) mass is 197 g/mol. The third-order valence-electron chi connectivity index (χ3n) is 3.25. The number of rotatable bonds is 3. The molecule has 0 spiro atoms. The minimum atomic E-state index is 0.169. The average molecular weight is 197 g/mol. The van der Waals surface area contributed by atoms with E-state index in [4.69, 9.17) is 0 Å². The number of fused-ring (bicyclic) bond motifs is 3. The van der Waals surface area contributed by atoms with Crippen molar-refractivity contribution in [3.8, 4) is 0 Å². The average Bonchev–Trinajstić information content (AvgIpc) is 2.27. The maximum absolute atomic E-state index is 11.1. The Hall–Kier alpha value is -0.610. The molecule has 0 aromatic rings. The molecule has 3 rings (SSSR count). The van der Waals surface area contributed by atoms with Gasteiger partial charge in [-0.2, -0.15) is 0 Å². The van der Waals surface area contributed by atoms with Crippen molar-refractivity contribution in [1.82, 2.24) is 15.1 Å². The van der Waals surface area contributed by atoms with E-state index in [9.17, 15) is 4.79 Å². The molecule has 80 valence electrons. The molecule has 3 heterocycles. The molecule has 0 aromatic carbocycles. The number of hydrogen-bond donors (Lipinski definition) is 1. The highest BCUT2D eigenvalue weighted by Gasteiger charge is 2.31. The minimum absolute atomic E-state index is 0.169. The van der Waals surface area contributed by atoms with Crippen molar-refractivity contribution in [3.63, 3.8) is 0 Å². The van der Waals surface area contributed by atoms with Gasteiger partial charge >= 0.3 is 0 Å². The van der Waals surface area contributed by atoms with Crippen LogP contribution in [0.2, 0.25) is 0 Å². The van der Waals surface area contributed by atoms with Crippen molar-refractivity contribution in [2.75, 3.05) is 39.3 Å². The minimum Gasteiger partial charge on any atom is -0.354 e. The number of nitrogens with one attached hydrogen (secondary N) is 1. The molecule has 1 atom stereocenters. The zero-order chi connectivity index (χ0) is 9.97. The summed E-state index contributed by atoms with van der Waals surface area (Å²) < 4.78 is 0. The highest BCUT2D eigenvalue weighted by Crippen LogP contribution is 2.14. The van der Waals surface area contributed by atoms with E-state index in [0.717, 1.165) is 13.1 Å². The van der Waals surface area contributed by atoms with E-state index in [0.29, 0.717) is 12.5 Å². The van der Waals surface area contributed by atoms with Gasteiger partial charge < -0.3 is 5.32 Å². The number of nitrogens with zero attached hydrogens (tertiary/aromatic N) is 2. The Bertz CT molecular complexity index is 211. The summed E-state index contributed by atoms with van der Waals surface area (Å²) in [6.07, 6.45) is 0.594. The fraction of sp³-hybridized carbons (Fsp3) is 0.900. The van der Waals surface area contributed by atoms with Crippen LogP contribution in [-0.4, -0.2) is 61.0 Å². The SMILES string of the molecule is CCC(=O)NCC1CN2CCN1CC2. The molecule has 3 fully saturated rings. The maximum atomic E-state index is 11.1. The molecule has 0 saturated carbocycles. The van der Waals surface area contributed by atoms with Crippen molar-refractivity contribution in [1.29, 1.82) is 0 Å². The Morgan fingerprint density at radius 2 is 2.07 bits per heavy atom. The Balaban J connectivity index is 1.78. The van der Waals surface area contributed by atoms with Crippen LogP contribution in [0, 0.1) is 0 Å². The first kappa shape index (κ1) is 9.93. The quantitative estimate of drug-likeness (QED) is 0.663. The van der Waals surface area contributed by atoms with Gasteiger partial charge in [-0.25, -0.2) is 0 Å². The zero-order valence-electron chi connectivity index (χ0n) is 8.83. The Kier molecular flexibility index (Phi) is 3.03. The van der Waals surface area contributed by atoms with Crippen LogP contribution in [0.15, 0.2) is 0 Å². The number of piperazine rings is 3. The van der Waals surface area contributed by atoms with Crippen LogP contribution in [0.4, 0.5) is 0 Å². The molecule has 14 heavy (non-hydrogen) atoms. The van der Waals surface area contributed by atoms with Crippen molar-refractivity contribution >= 4 is 5.91 Å². The standard InChI is InChI=1S/C10H19N3O/c1-2-10(14)11-7-9-8-12-3-5-13(9)6-4-12/h9H,2-8H2,1H3,(H,11,14). The molecule has 1 N–H and O–H groups in total. The molecular weight excluding hydrogens is 178 g/mol. The first-order valence-electron chi connectivity index (χ1n) is 5.52. The van der Waals surface area contributed by atoms with Crippen LogP contribution < -0.4 is 5.32 Å². The second kappa shape index (κ2) is 4.28. The summed E-state index contributed by atoms with van der Waals surface area (Å²) in [5, 5.41) is 2.98. The summed E-state index contributed by atoms with van der Waals surface area (Å²) in [6, 6.07) is 0.549. The van der Waals surface area contributed by atoms with Gasteiger partial charge in [0.1, 0.15) is 0 Å². The van der Waals surface area contributed by atoms with Crippen molar-refractivity contribution in [2.45, 2.75) is 19.4 Å². The van der Waals surface area contributed by atoms with Crippen molar-refractivity contribution in [3.05, 3.63) is 0 Å². The Morgan fingerprint density at radius 1 is 1.36 bits per heavy atom. The smallest absolute Gasteiger partial charge is 0.219 e. The van der Waals surface area contributed by atoms with Gasteiger partial charge in [0.05, 0.1) is 0 Å². The summed E-state index contributed by atoms with van der Waals surface area (Å²) >= 11 is 0. The highest BCUT2D eigenvalue weighted by atomic mass is 16.1. The van der Waals surface area contributed by atoms with E-state index >= 15 is 0 Å². The van der Waals surface area contributed by atoms with Gasteiger partial charge in [-0.15, -0.1) is 0 Å². The van der Waals surface area contributed by atoms with E-state index in [1.165, 1.54) is 26.2 Å². The summed E-state index contributed by atoms with van der Waals surface area (Å²) in [4.78, 5) is 16.1. The van der Waals surface area contributed by atoms with E-state index < -0.39 is 0 Å². The zero-order valence-corrected chi connectivity index (χ0v) is 8.83. The number of carbonyl (C=O) groups is 1. The van der Waals surface area contributed by atoms with Gasteiger partial charge in [-0.1, -0.05) is 6.92 Å². The van der Waals surface area contributed by atoms with Crippen molar-refractivity contribution in [2.24, 2.45) is 0 Å². The van der Waals surface area contributed by atoms with Crippen LogP contribution >= 0.6 is 0 Å². The summed E-state index contributed by atoms with van der Waals surface area (Å²) in [7, 11) is 0. The van der Waals surface area contributed by atoms with Crippen LogP contribution in [-0.2, 0) is 4.79 Å². The summed E-state index contributed by atoms with van der Waals surface area (Å²) in [5.41, 5.74) is 0. The molecule has 3 saturated heterocycles. The lowest BCUT2D eigenvalue weighted by atomic mass is 10.1. The van der Waals surface area contributed by atoms with E-state index in [2.05, 4.69) is 15.1 Å². The van der Waals surface area contributed by atoms with Gasteiger partial charge in [0, 0.05) is 51.7 Å². The predicted octanol–water partition coefficient (Wildman–Crippen LogP) is -0.488. The molecule has 3 aliphatic rings. The third kappa shape index (κ3) is 2.07. The lowest BCUT2D eigenvalue weighted by Crippen LogP contribution is -2.63. The fourth-order valence-electron chi connectivity index (χ4n) is 2.27. The van der Waals surface area contributed by atoms with Gasteiger partial charge in [-0.3, -0.25) is 14.6 Å². The first-order chi connectivity index (χ1) is 6.79. The Morgan fingerprint density at radius 3 is 2.57 bits per heavy atom. The lowest BCUT2D eigenvalue weighted by molar-refractivity contribution is -0.121. The molecule has 4 nitrogen and oxygen atoms in total. The van der Waals surface area contributed by atoms with Crippen molar-refractivity contribution < 1.29 is 4.79 Å². The molecule has 0 radical (unpaired) electrons. The first-order valence-corrected chi connectivity index (χ1v) is 5.52. The second-order valence-corrected chi connectivity index (χ2v) is 4.15. The molecule has 0 aromatic heterocycles. The molecule has 2 bridgehead atoms. The maximum Gasteiger partial charge on any atom is 0.219 e. The number of carbonyl (C=O) groups excluding carboxylic acids is 1. The van der Waals surface area contributed by atoms with Crippen LogP contribution in [0.1, 0.15) is 13.3 Å². The molecule has 0 aliphatic carbocycles. The van der Waals surface area contributed by atoms with Crippen LogP contribution in [0.3, 0.4) is 0 Å². The molecular formula is C10H19N3O. The molecule has 1 amide bonds.